The molecule has 1 aliphatic heterocycles. The largest absolute Gasteiger partial charge is 0.318 e. The molecule has 1 N–H and O–H groups in total. The number of nitrogens with one attached hydrogen (secondary N) is 1. The van der Waals surface area contributed by atoms with E-state index in [0.717, 1.165) is 34.1 Å². The van der Waals surface area contributed by atoms with E-state index in [9.17, 15) is 4.79 Å². The molecule has 0 aliphatic carbocycles. The van der Waals surface area contributed by atoms with Crippen molar-refractivity contribution in [1.29, 1.82) is 0 Å². The third-order valence-electron chi connectivity index (χ3n) is 4.33. The van der Waals surface area contributed by atoms with E-state index in [1.807, 2.05) is 23.5 Å². The molecule has 0 unspecified atom stereocenters. The molecule has 1 aliphatic rings. The highest BCUT2D eigenvalue weighted by Crippen LogP contribution is 2.45. The van der Waals surface area contributed by atoms with E-state index in [-0.39, 0.29) is 9.99 Å². The number of rotatable bonds is 5. The predicted octanol–water partition coefficient (Wildman–Crippen LogP) is 4.74. The number of aromatic nitrogens is 1. The zero-order valence-electron chi connectivity index (χ0n) is 15.1. The lowest BCUT2D eigenvalue weighted by molar-refractivity contribution is -0.121. The van der Waals surface area contributed by atoms with E-state index in [1.54, 1.807) is 6.21 Å². The minimum Gasteiger partial charge on any atom is -0.318 e. The Balaban J connectivity index is 1.68. The highest BCUT2D eigenvalue weighted by atomic mass is 127. The summed E-state index contributed by atoms with van der Waals surface area (Å²) in [6.45, 7) is 6.28. The van der Waals surface area contributed by atoms with Gasteiger partial charge >= 0.3 is 0 Å². The lowest BCUT2D eigenvalue weighted by atomic mass is 10.2. The summed E-state index contributed by atoms with van der Waals surface area (Å²) >= 11 is 6.02. The van der Waals surface area contributed by atoms with Gasteiger partial charge in [0.25, 0.3) is 0 Å². The van der Waals surface area contributed by atoms with Crippen LogP contribution in [0.25, 0.3) is 5.69 Å². The van der Waals surface area contributed by atoms with Gasteiger partial charge in [-0.05, 0) is 73.7 Å². The van der Waals surface area contributed by atoms with Gasteiger partial charge in [-0.2, -0.15) is 5.10 Å². The van der Waals surface area contributed by atoms with Crippen LogP contribution in [0.5, 0.6) is 0 Å². The van der Waals surface area contributed by atoms with Crippen LogP contribution >= 0.6 is 46.1 Å². The van der Waals surface area contributed by atoms with Crippen LogP contribution in [0.3, 0.4) is 0 Å². The summed E-state index contributed by atoms with van der Waals surface area (Å²) in [5.74, 6) is 2.20. The number of thioether (sulfide) groups is 2. The lowest BCUT2D eigenvalue weighted by Crippen LogP contribution is -2.26. The Morgan fingerprint density at radius 2 is 1.96 bits per heavy atom. The second-order valence-electron chi connectivity index (χ2n) is 6.44. The van der Waals surface area contributed by atoms with Crippen molar-refractivity contribution in [1.82, 2.24) is 9.99 Å². The number of carbonyl (C=O) groups is 1. The third kappa shape index (κ3) is 4.67. The van der Waals surface area contributed by atoms with Crippen LogP contribution in [0.15, 0.2) is 35.4 Å². The molecule has 2 heterocycles. The number of amides is 1. The summed E-state index contributed by atoms with van der Waals surface area (Å²) < 4.78 is 3.40. The quantitative estimate of drug-likeness (QED) is 0.368. The first kappa shape index (κ1) is 19.8. The van der Waals surface area contributed by atoms with Gasteiger partial charge in [0.05, 0.1) is 16.7 Å². The first-order valence-corrected chi connectivity index (χ1v) is 11.5. The molecule has 1 aromatic heterocycles. The van der Waals surface area contributed by atoms with Crippen molar-refractivity contribution in [3.63, 3.8) is 0 Å². The number of hydrogen-bond acceptors (Lipinski definition) is 4. The Bertz CT molecular complexity index is 824. The summed E-state index contributed by atoms with van der Waals surface area (Å²) in [6, 6.07) is 10.5. The predicted molar refractivity (Wildman–Crippen MR) is 122 cm³/mol. The maximum Gasteiger partial charge on any atom is 0.242 e. The second kappa shape index (κ2) is 8.39. The van der Waals surface area contributed by atoms with E-state index >= 15 is 0 Å². The highest BCUT2D eigenvalue weighted by molar-refractivity contribution is 14.1. The summed E-state index contributed by atoms with van der Waals surface area (Å²) in [7, 11) is 0. The molecule has 0 saturated carbocycles. The van der Waals surface area contributed by atoms with Crippen molar-refractivity contribution in [3.8, 4) is 5.69 Å². The first-order chi connectivity index (χ1) is 12.4. The molecule has 3 rings (SSSR count). The van der Waals surface area contributed by atoms with Crippen molar-refractivity contribution in [2.45, 2.75) is 31.3 Å². The van der Waals surface area contributed by atoms with E-state index in [0.29, 0.717) is 6.42 Å². The fourth-order valence-corrected chi connectivity index (χ4v) is 6.26. The molecular formula is C19H22IN3OS2. The number of halogens is 1. The average molecular weight is 499 g/mol. The van der Waals surface area contributed by atoms with Gasteiger partial charge in [0.1, 0.15) is 0 Å². The average Bonchev–Trinajstić information content (AvgIpc) is 3.12. The lowest BCUT2D eigenvalue weighted by Gasteiger charge is -2.19. The van der Waals surface area contributed by atoms with Crippen LogP contribution in [0.2, 0.25) is 0 Å². The topological polar surface area (TPSA) is 46.4 Å². The number of aryl methyl sites for hydroxylation is 1. The maximum atomic E-state index is 12.1. The van der Waals surface area contributed by atoms with Crippen LogP contribution in [-0.4, -0.2) is 32.3 Å². The van der Waals surface area contributed by atoms with Gasteiger partial charge in [-0.3, -0.25) is 4.79 Å². The summed E-state index contributed by atoms with van der Waals surface area (Å²) in [4.78, 5) is 12.1. The zero-order valence-corrected chi connectivity index (χ0v) is 18.9. The number of carbonyl (C=O) groups excluding carboxylic acids is 1. The summed E-state index contributed by atoms with van der Waals surface area (Å²) in [6.07, 6.45) is 2.22. The van der Waals surface area contributed by atoms with Gasteiger partial charge in [-0.1, -0.05) is 0 Å². The Morgan fingerprint density at radius 3 is 2.62 bits per heavy atom. The fraction of sp³-hybridized carbons (Fsp3) is 0.368. The monoisotopic (exact) mass is 499 g/mol. The molecule has 0 atom stereocenters. The Labute approximate surface area is 176 Å². The fourth-order valence-electron chi connectivity index (χ4n) is 3.07. The van der Waals surface area contributed by atoms with Gasteiger partial charge in [0.2, 0.25) is 5.91 Å². The molecule has 1 amide bonds. The molecule has 4 nitrogen and oxygen atoms in total. The second-order valence-corrected chi connectivity index (χ2v) is 11.1. The van der Waals surface area contributed by atoms with Crippen molar-refractivity contribution in [3.05, 3.63) is 50.9 Å². The van der Waals surface area contributed by atoms with Crippen LogP contribution in [0.1, 0.15) is 30.3 Å². The Morgan fingerprint density at radius 1 is 1.31 bits per heavy atom. The van der Waals surface area contributed by atoms with Crippen LogP contribution in [0, 0.1) is 17.4 Å². The molecule has 26 heavy (non-hydrogen) atoms. The Hall–Kier alpha value is -0.930. The van der Waals surface area contributed by atoms with Crippen molar-refractivity contribution in [2.75, 3.05) is 11.5 Å². The number of hydrogen-bond donors (Lipinski definition) is 1. The smallest absolute Gasteiger partial charge is 0.242 e. The first-order valence-electron chi connectivity index (χ1n) is 8.43. The number of hydrazone groups is 1. The molecule has 0 spiro atoms. The SMILES string of the molecule is Cc1cc(/C=N\NC(=O)CC2(C)SCCS2)c(C)n1-c1ccc(I)cc1. The maximum absolute atomic E-state index is 12.1. The van der Waals surface area contributed by atoms with Gasteiger partial charge in [0.15, 0.2) is 0 Å². The van der Waals surface area contributed by atoms with Gasteiger partial charge in [-0.25, -0.2) is 5.43 Å². The van der Waals surface area contributed by atoms with E-state index < -0.39 is 0 Å². The highest BCUT2D eigenvalue weighted by Gasteiger charge is 2.32. The summed E-state index contributed by atoms with van der Waals surface area (Å²) in [5, 5.41) is 4.18. The van der Waals surface area contributed by atoms with Gasteiger partial charge in [0, 0.05) is 37.7 Å². The normalized spacial score (nSPS) is 16.3. The molecule has 1 aromatic carbocycles. The van der Waals surface area contributed by atoms with Crippen LogP contribution < -0.4 is 5.43 Å². The number of benzene rings is 1. The minimum absolute atomic E-state index is 0.0136. The molecule has 0 bridgehead atoms. The van der Waals surface area contributed by atoms with E-state index in [2.05, 4.69) is 88.8 Å². The molecule has 0 radical (unpaired) electrons. The van der Waals surface area contributed by atoms with Gasteiger partial charge in [-0.15, -0.1) is 23.5 Å². The van der Waals surface area contributed by atoms with Crippen LogP contribution in [0.4, 0.5) is 0 Å². The molecule has 1 fully saturated rings. The van der Waals surface area contributed by atoms with Gasteiger partial charge < -0.3 is 4.57 Å². The molecule has 7 heteroatoms. The molecular weight excluding hydrogens is 477 g/mol. The standard InChI is InChI=1S/C19H22IN3OS2/c1-13-10-15(14(2)23(13)17-6-4-16(20)5-7-17)12-21-22-18(24)11-19(3)25-8-9-26-19/h4-7,10,12H,8-9,11H2,1-3H3,(H,22,24)/b21-12-. The van der Waals surface area contributed by atoms with Crippen molar-refractivity contribution >= 4 is 58.2 Å². The third-order valence-corrected chi connectivity index (χ3v) is 8.34. The summed E-state index contributed by atoms with van der Waals surface area (Å²) in [5.41, 5.74) is 7.07. The molecule has 138 valence electrons. The molecule has 1 saturated heterocycles. The Kier molecular flexibility index (Phi) is 6.40. The molecule has 2 aromatic rings. The van der Waals surface area contributed by atoms with Crippen LogP contribution in [-0.2, 0) is 4.79 Å². The van der Waals surface area contributed by atoms with E-state index in [4.69, 9.17) is 0 Å². The minimum atomic E-state index is -0.0305. The zero-order chi connectivity index (χ0) is 18.7. The van der Waals surface area contributed by atoms with E-state index in [1.165, 1.54) is 3.57 Å². The van der Waals surface area contributed by atoms with Crippen molar-refractivity contribution in [2.24, 2.45) is 5.10 Å². The number of nitrogens with zero attached hydrogens (tertiary/aromatic N) is 2. The van der Waals surface area contributed by atoms with Crippen molar-refractivity contribution < 1.29 is 4.79 Å².